The van der Waals surface area contributed by atoms with Crippen molar-refractivity contribution in [1.82, 2.24) is 4.90 Å². The molecule has 3 nitrogen and oxygen atoms in total. The van der Waals surface area contributed by atoms with Gasteiger partial charge in [-0.1, -0.05) is 42.3 Å². The maximum Gasteiger partial charge on any atom is 0.0898 e. The molecule has 4 rings (SSSR count). The third-order valence-corrected chi connectivity index (χ3v) is 7.00. The Morgan fingerprint density at radius 1 is 0.962 bits per heavy atom. The molecule has 1 saturated heterocycles. The van der Waals surface area contributed by atoms with E-state index in [9.17, 15) is 10.2 Å². The van der Waals surface area contributed by atoms with E-state index in [2.05, 4.69) is 35.2 Å². The maximum atomic E-state index is 11.0. The molecule has 0 amide bonds. The minimum atomic E-state index is -0.776. The van der Waals surface area contributed by atoms with Crippen LogP contribution in [0.15, 0.2) is 29.8 Å². The normalized spacial score (nSPS) is 33.7. The molecular formula is C23H33NO2. The van der Waals surface area contributed by atoms with Gasteiger partial charge in [-0.2, -0.15) is 0 Å². The molecule has 3 aliphatic rings. The van der Waals surface area contributed by atoms with Crippen LogP contribution in [0.4, 0.5) is 0 Å². The van der Waals surface area contributed by atoms with Gasteiger partial charge >= 0.3 is 0 Å². The van der Waals surface area contributed by atoms with E-state index in [0.29, 0.717) is 25.7 Å². The summed E-state index contributed by atoms with van der Waals surface area (Å²) >= 11 is 0. The molecule has 2 N–H and O–H groups in total. The standard InChI is InChI=1S/C23H33NO2/c1-22(25)11-13-23(26,14-12-22)20-7-5-18(6-8-20)17-19-9-15-24(16-10-19)21-3-2-4-21/h5-8,17,21,25-26H,2-4,9-16H2,1H3. The number of hydrogen-bond donors (Lipinski definition) is 2. The highest BCUT2D eigenvalue weighted by Crippen LogP contribution is 2.41. The van der Waals surface area contributed by atoms with Crippen molar-refractivity contribution in [2.45, 2.75) is 82.0 Å². The first-order chi connectivity index (χ1) is 12.4. The summed E-state index contributed by atoms with van der Waals surface area (Å²) in [4.78, 5) is 2.68. The van der Waals surface area contributed by atoms with Crippen molar-refractivity contribution in [3.8, 4) is 0 Å². The first-order valence-electron chi connectivity index (χ1n) is 10.4. The Kier molecular flexibility index (Phi) is 4.98. The predicted octanol–water partition coefficient (Wildman–Crippen LogP) is 4.23. The number of hydrogen-bond acceptors (Lipinski definition) is 3. The quantitative estimate of drug-likeness (QED) is 0.853. The van der Waals surface area contributed by atoms with Crippen molar-refractivity contribution in [3.63, 3.8) is 0 Å². The van der Waals surface area contributed by atoms with Crippen LogP contribution in [0, 0.1) is 0 Å². The summed E-state index contributed by atoms with van der Waals surface area (Å²) < 4.78 is 0. The zero-order valence-electron chi connectivity index (χ0n) is 16.1. The van der Waals surface area contributed by atoms with E-state index in [-0.39, 0.29) is 0 Å². The fourth-order valence-corrected chi connectivity index (χ4v) is 4.69. The third kappa shape index (κ3) is 3.90. The zero-order valence-corrected chi connectivity index (χ0v) is 16.1. The van der Waals surface area contributed by atoms with E-state index in [0.717, 1.165) is 11.6 Å². The van der Waals surface area contributed by atoms with Crippen LogP contribution in [0.2, 0.25) is 0 Å². The molecule has 1 aromatic carbocycles. The fraction of sp³-hybridized carbons (Fsp3) is 0.652. The second-order valence-electron chi connectivity index (χ2n) is 9.07. The number of rotatable bonds is 3. The van der Waals surface area contributed by atoms with Crippen LogP contribution in [-0.2, 0) is 5.60 Å². The number of nitrogens with zero attached hydrogens (tertiary/aromatic N) is 1. The monoisotopic (exact) mass is 355 g/mol. The lowest BCUT2D eigenvalue weighted by Crippen LogP contribution is -2.43. The minimum absolute atomic E-state index is 0.620. The van der Waals surface area contributed by atoms with Gasteiger partial charge in [0.25, 0.3) is 0 Å². The van der Waals surface area contributed by atoms with Gasteiger partial charge in [0.2, 0.25) is 0 Å². The van der Waals surface area contributed by atoms with E-state index in [1.54, 1.807) is 5.57 Å². The first-order valence-corrected chi connectivity index (χ1v) is 10.4. The second kappa shape index (κ2) is 7.10. The van der Waals surface area contributed by atoms with Crippen LogP contribution in [0.25, 0.3) is 6.08 Å². The summed E-state index contributed by atoms with van der Waals surface area (Å²) in [5, 5.41) is 21.1. The van der Waals surface area contributed by atoms with Crippen molar-refractivity contribution >= 4 is 6.08 Å². The summed E-state index contributed by atoms with van der Waals surface area (Å²) in [7, 11) is 0. The molecule has 0 unspecified atom stereocenters. The minimum Gasteiger partial charge on any atom is -0.390 e. The third-order valence-electron chi connectivity index (χ3n) is 7.00. The Hall–Kier alpha value is -1.16. The van der Waals surface area contributed by atoms with Crippen LogP contribution in [-0.4, -0.2) is 39.8 Å². The average molecular weight is 356 g/mol. The first kappa shape index (κ1) is 18.2. The molecule has 0 bridgehead atoms. The van der Waals surface area contributed by atoms with Crippen molar-refractivity contribution in [1.29, 1.82) is 0 Å². The van der Waals surface area contributed by atoms with Gasteiger partial charge in [-0.3, -0.25) is 4.90 Å². The van der Waals surface area contributed by atoms with Crippen molar-refractivity contribution < 1.29 is 10.2 Å². The Morgan fingerprint density at radius 2 is 1.58 bits per heavy atom. The van der Waals surface area contributed by atoms with Gasteiger partial charge in [-0.25, -0.2) is 0 Å². The molecule has 1 aliphatic heterocycles. The summed E-state index contributed by atoms with van der Waals surface area (Å²) in [6.45, 7) is 4.31. The highest BCUT2D eigenvalue weighted by molar-refractivity contribution is 5.54. The van der Waals surface area contributed by atoms with Gasteiger partial charge in [-0.05, 0) is 69.4 Å². The maximum absolute atomic E-state index is 11.0. The lowest BCUT2D eigenvalue weighted by atomic mass is 9.73. The lowest BCUT2D eigenvalue weighted by Gasteiger charge is -2.40. The largest absolute Gasteiger partial charge is 0.390 e. The van der Waals surface area contributed by atoms with E-state index in [1.807, 2.05) is 6.92 Å². The summed E-state index contributed by atoms with van der Waals surface area (Å²) in [5.41, 5.74) is 2.40. The van der Waals surface area contributed by atoms with Crippen molar-refractivity contribution in [3.05, 3.63) is 41.0 Å². The smallest absolute Gasteiger partial charge is 0.0898 e. The van der Waals surface area contributed by atoms with Gasteiger partial charge < -0.3 is 10.2 Å². The van der Waals surface area contributed by atoms with Gasteiger partial charge in [0.1, 0.15) is 0 Å². The van der Waals surface area contributed by atoms with E-state index in [4.69, 9.17) is 0 Å². The van der Waals surface area contributed by atoms with E-state index in [1.165, 1.54) is 50.8 Å². The number of benzene rings is 1. The van der Waals surface area contributed by atoms with Crippen molar-refractivity contribution in [2.24, 2.45) is 0 Å². The molecular weight excluding hydrogens is 322 g/mol. The molecule has 142 valence electrons. The fourth-order valence-electron chi connectivity index (χ4n) is 4.69. The highest BCUT2D eigenvalue weighted by atomic mass is 16.3. The topological polar surface area (TPSA) is 43.7 Å². The zero-order chi connectivity index (χ0) is 18.2. The average Bonchev–Trinajstić information content (AvgIpc) is 2.59. The summed E-state index contributed by atoms with van der Waals surface area (Å²) in [6.07, 6.45) is 11.5. The number of piperidine rings is 1. The Morgan fingerprint density at radius 3 is 2.12 bits per heavy atom. The molecule has 3 heteroatoms. The van der Waals surface area contributed by atoms with Gasteiger partial charge in [0, 0.05) is 19.1 Å². The van der Waals surface area contributed by atoms with Gasteiger partial charge in [-0.15, -0.1) is 0 Å². The van der Waals surface area contributed by atoms with Crippen LogP contribution >= 0.6 is 0 Å². The molecule has 0 spiro atoms. The summed E-state index contributed by atoms with van der Waals surface area (Å²) in [5.74, 6) is 0. The lowest BCUT2D eigenvalue weighted by molar-refractivity contribution is -0.0758. The molecule has 0 aromatic heterocycles. The van der Waals surface area contributed by atoms with Crippen LogP contribution in [0.3, 0.4) is 0 Å². The van der Waals surface area contributed by atoms with Crippen LogP contribution in [0.5, 0.6) is 0 Å². The molecule has 1 aromatic rings. The molecule has 1 heterocycles. The Bertz CT molecular complexity index is 637. The molecule has 2 aliphatic carbocycles. The van der Waals surface area contributed by atoms with Crippen LogP contribution < -0.4 is 0 Å². The van der Waals surface area contributed by atoms with E-state index < -0.39 is 11.2 Å². The highest BCUT2D eigenvalue weighted by Gasteiger charge is 2.39. The second-order valence-corrected chi connectivity index (χ2v) is 9.07. The van der Waals surface area contributed by atoms with Gasteiger partial charge in [0.15, 0.2) is 0 Å². The van der Waals surface area contributed by atoms with E-state index >= 15 is 0 Å². The van der Waals surface area contributed by atoms with Crippen LogP contribution in [0.1, 0.15) is 75.8 Å². The molecule has 26 heavy (non-hydrogen) atoms. The molecule has 3 fully saturated rings. The predicted molar refractivity (Wildman–Crippen MR) is 106 cm³/mol. The van der Waals surface area contributed by atoms with Gasteiger partial charge in [0.05, 0.1) is 11.2 Å². The molecule has 0 atom stereocenters. The van der Waals surface area contributed by atoms with Crippen molar-refractivity contribution in [2.75, 3.05) is 13.1 Å². The number of likely N-dealkylation sites (tertiary alicyclic amines) is 1. The summed E-state index contributed by atoms with van der Waals surface area (Å²) in [6, 6.07) is 9.32. The SMILES string of the molecule is CC1(O)CCC(O)(c2ccc(C=C3CCN(C4CCC4)CC3)cc2)CC1. The molecule has 2 saturated carbocycles. The molecule has 0 radical (unpaired) electrons. The Balaban J connectivity index is 1.37. The number of aliphatic hydroxyl groups is 2. The Labute approximate surface area is 157 Å².